The molecule has 0 spiro atoms. The van der Waals surface area contributed by atoms with Gasteiger partial charge >= 0.3 is 0 Å². The van der Waals surface area contributed by atoms with E-state index in [4.69, 9.17) is 14.2 Å². The highest BCUT2D eigenvalue weighted by Crippen LogP contribution is 2.47. The van der Waals surface area contributed by atoms with E-state index >= 15 is 0 Å². The van der Waals surface area contributed by atoms with Gasteiger partial charge in [0, 0.05) is 16.6 Å². The van der Waals surface area contributed by atoms with Crippen molar-refractivity contribution < 1.29 is 19.3 Å². The number of methoxy groups -OCH3 is 1. The minimum atomic E-state index is 0.239. The Hall–Kier alpha value is -3.22. The van der Waals surface area contributed by atoms with Gasteiger partial charge in [-0.15, -0.1) is 11.3 Å². The predicted molar refractivity (Wildman–Crippen MR) is 133 cm³/mol. The van der Waals surface area contributed by atoms with E-state index in [1.807, 2.05) is 54.6 Å². The number of nitrogens with zero attached hydrogens (tertiary/aromatic N) is 1. The molecule has 1 fully saturated rings. The Bertz CT molecular complexity index is 1230. The summed E-state index contributed by atoms with van der Waals surface area (Å²) < 4.78 is 18.7. The second-order valence-electron chi connectivity index (χ2n) is 8.14. The molecule has 5 rings (SSSR count). The van der Waals surface area contributed by atoms with Gasteiger partial charge in [0.15, 0.2) is 5.75 Å². The lowest BCUT2D eigenvalue weighted by atomic mass is 10.1. The van der Waals surface area contributed by atoms with Gasteiger partial charge in [0.05, 0.1) is 12.0 Å². The van der Waals surface area contributed by atoms with Crippen LogP contribution in [0.3, 0.4) is 0 Å². The lowest BCUT2D eigenvalue weighted by Gasteiger charge is -2.15. The molecular formula is C27H27NO4S. The molecule has 0 unspecified atom stereocenters. The van der Waals surface area contributed by atoms with Crippen molar-refractivity contribution in [2.75, 3.05) is 33.4 Å². The monoisotopic (exact) mass is 461 g/mol. The SMILES string of the molecule is COc1cccc(-c2sc3cc(O)ccc3c2Oc2ccc(OCCN3CCCC3)cc2)c1. The summed E-state index contributed by atoms with van der Waals surface area (Å²) in [6, 6.07) is 21.1. The molecule has 5 nitrogen and oxygen atoms in total. The summed E-state index contributed by atoms with van der Waals surface area (Å²) in [5, 5.41) is 10.9. The number of likely N-dealkylation sites (tertiary alicyclic amines) is 1. The fourth-order valence-corrected chi connectivity index (χ4v) is 5.30. The first kappa shape index (κ1) is 21.6. The average Bonchev–Trinajstić information content (AvgIpc) is 3.48. The Balaban J connectivity index is 1.38. The van der Waals surface area contributed by atoms with E-state index in [-0.39, 0.29) is 5.75 Å². The molecule has 0 atom stereocenters. The first-order chi connectivity index (χ1) is 16.2. The van der Waals surface area contributed by atoms with Gasteiger partial charge in [-0.05, 0) is 86.1 Å². The van der Waals surface area contributed by atoms with Crippen molar-refractivity contribution in [2.45, 2.75) is 12.8 Å². The zero-order valence-corrected chi connectivity index (χ0v) is 19.4. The second-order valence-corrected chi connectivity index (χ2v) is 9.20. The van der Waals surface area contributed by atoms with E-state index in [1.165, 1.54) is 25.9 Å². The molecule has 1 aliphatic heterocycles. The van der Waals surface area contributed by atoms with Gasteiger partial charge in [-0.2, -0.15) is 0 Å². The van der Waals surface area contributed by atoms with Crippen LogP contribution in [0.4, 0.5) is 0 Å². The van der Waals surface area contributed by atoms with Crippen LogP contribution >= 0.6 is 11.3 Å². The molecular weight excluding hydrogens is 434 g/mol. The van der Waals surface area contributed by atoms with Gasteiger partial charge in [0.2, 0.25) is 0 Å². The van der Waals surface area contributed by atoms with Crippen LogP contribution in [0.25, 0.3) is 20.5 Å². The van der Waals surface area contributed by atoms with E-state index in [0.29, 0.717) is 6.61 Å². The van der Waals surface area contributed by atoms with Gasteiger partial charge in [-0.3, -0.25) is 4.90 Å². The number of hydrogen-bond donors (Lipinski definition) is 1. The minimum Gasteiger partial charge on any atom is -0.508 e. The number of benzene rings is 3. The van der Waals surface area contributed by atoms with Crippen LogP contribution in [-0.2, 0) is 0 Å². The lowest BCUT2D eigenvalue weighted by Crippen LogP contribution is -2.25. The molecule has 0 amide bonds. The van der Waals surface area contributed by atoms with Crippen molar-refractivity contribution in [3.63, 3.8) is 0 Å². The average molecular weight is 462 g/mol. The van der Waals surface area contributed by atoms with Crippen LogP contribution < -0.4 is 14.2 Å². The first-order valence-corrected chi connectivity index (χ1v) is 12.0. The third-order valence-corrected chi connectivity index (χ3v) is 7.06. The molecule has 3 aromatic carbocycles. The zero-order valence-electron chi connectivity index (χ0n) is 18.6. The number of phenols is 1. The molecule has 1 saturated heterocycles. The highest BCUT2D eigenvalue weighted by molar-refractivity contribution is 7.22. The van der Waals surface area contributed by atoms with Crippen LogP contribution in [-0.4, -0.2) is 43.4 Å². The maximum absolute atomic E-state index is 9.97. The molecule has 1 aromatic heterocycles. The summed E-state index contributed by atoms with van der Waals surface area (Å²) in [5.41, 5.74) is 1.01. The highest BCUT2D eigenvalue weighted by Gasteiger charge is 2.17. The van der Waals surface area contributed by atoms with Crippen molar-refractivity contribution in [1.29, 1.82) is 0 Å². The van der Waals surface area contributed by atoms with E-state index in [9.17, 15) is 5.11 Å². The largest absolute Gasteiger partial charge is 0.508 e. The van der Waals surface area contributed by atoms with E-state index in [0.717, 1.165) is 50.1 Å². The first-order valence-electron chi connectivity index (χ1n) is 11.2. The Morgan fingerprint density at radius 3 is 2.48 bits per heavy atom. The fourth-order valence-electron chi connectivity index (χ4n) is 4.14. The molecule has 1 aliphatic rings. The van der Waals surface area contributed by atoms with E-state index < -0.39 is 0 Å². The molecule has 33 heavy (non-hydrogen) atoms. The van der Waals surface area contributed by atoms with Crippen LogP contribution in [0.15, 0.2) is 66.7 Å². The molecule has 0 radical (unpaired) electrons. The van der Waals surface area contributed by atoms with Crippen LogP contribution in [0.5, 0.6) is 28.7 Å². The Morgan fingerprint density at radius 2 is 1.70 bits per heavy atom. The number of aromatic hydroxyl groups is 1. The summed E-state index contributed by atoms with van der Waals surface area (Å²) >= 11 is 1.59. The number of phenolic OH excluding ortho intramolecular Hbond substituents is 1. The van der Waals surface area contributed by atoms with Crippen LogP contribution in [0, 0.1) is 0 Å². The van der Waals surface area contributed by atoms with E-state index in [1.54, 1.807) is 30.6 Å². The van der Waals surface area contributed by atoms with Gasteiger partial charge in [0.1, 0.15) is 29.6 Å². The van der Waals surface area contributed by atoms with Crippen molar-refractivity contribution in [3.8, 4) is 39.2 Å². The topological polar surface area (TPSA) is 51.2 Å². The summed E-state index contributed by atoms with van der Waals surface area (Å²) in [6.07, 6.45) is 2.58. The predicted octanol–water partition coefficient (Wildman–Crippen LogP) is 6.55. The van der Waals surface area contributed by atoms with Crippen molar-refractivity contribution in [2.24, 2.45) is 0 Å². The van der Waals surface area contributed by atoms with Crippen LogP contribution in [0.2, 0.25) is 0 Å². The number of ether oxygens (including phenoxy) is 3. The molecule has 6 heteroatoms. The lowest BCUT2D eigenvalue weighted by molar-refractivity contribution is 0.237. The molecule has 2 heterocycles. The molecule has 1 N–H and O–H groups in total. The molecule has 0 saturated carbocycles. The Kier molecular flexibility index (Phi) is 6.37. The summed E-state index contributed by atoms with van der Waals surface area (Å²) in [4.78, 5) is 3.43. The summed E-state index contributed by atoms with van der Waals surface area (Å²) in [7, 11) is 1.66. The normalized spacial score (nSPS) is 14.0. The number of thiophene rings is 1. The third-order valence-electron chi connectivity index (χ3n) is 5.88. The Labute approximate surface area is 197 Å². The van der Waals surface area contributed by atoms with Gasteiger partial charge < -0.3 is 19.3 Å². The van der Waals surface area contributed by atoms with Crippen LogP contribution in [0.1, 0.15) is 12.8 Å². The smallest absolute Gasteiger partial charge is 0.153 e. The quantitative estimate of drug-likeness (QED) is 0.322. The third kappa shape index (κ3) is 4.92. The standard InChI is InChI=1S/C27H27NO4S/c1-30-23-6-4-5-19(17-23)27-26(24-12-7-20(29)18-25(24)33-27)32-22-10-8-21(9-11-22)31-16-15-28-13-2-3-14-28/h4-12,17-18,29H,2-3,13-16H2,1H3. The van der Waals surface area contributed by atoms with Crippen molar-refractivity contribution in [1.82, 2.24) is 4.90 Å². The number of hydrogen-bond acceptors (Lipinski definition) is 6. The van der Waals surface area contributed by atoms with Gasteiger partial charge in [-0.25, -0.2) is 0 Å². The highest BCUT2D eigenvalue weighted by atomic mass is 32.1. The van der Waals surface area contributed by atoms with Gasteiger partial charge in [-0.1, -0.05) is 12.1 Å². The second kappa shape index (κ2) is 9.73. The molecule has 4 aromatic rings. The molecule has 170 valence electrons. The Morgan fingerprint density at radius 1 is 0.909 bits per heavy atom. The van der Waals surface area contributed by atoms with Crippen molar-refractivity contribution >= 4 is 21.4 Å². The number of rotatable bonds is 8. The number of fused-ring (bicyclic) bond motifs is 1. The maximum atomic E-state index is 9.97. The summed E-state index contributed by atoms with van der Waals surface area (Å²) in [6.45, 7) is 4.02. The van der Waals surface area contributed by atoms with Gasteiger partial charge in [0.25, 0.3) is 0 Å². The maximum Gasteiger partial charge on any atom is 0.153 e. The minimum absolute atomic E-state index is 0.239. The zero-order chi connectivity index (χ0) is 22.6. The van der Waals surface area contributed by atoms with Crippen molar-refractivity contribution in [3.05, 3.63) is 66.7 Å². The molecule has 0 bridgehead atoms. The fraction of sp³-hybridized carbons (Fsp3) is 0.259. The summed E-state index contributed by atoms with van der Waals surface area (Å²) in [5.74, 6) is 3.37. The molecule has 0 aliphatic carbocycles. The van der Waals surface area contributed by atoms with E-state index in [2.05, 4.69) is 4.90 Å².